The molecule has 1 aromatic heterocycles. The number of benzene rings is 1. The van der Waals surface area contributed by atoms with Gasteiger partial charge in [0.25, 0.3) is 0 Å². The van der Waals surface area contributed by atoms with Gasteiger partial charge in [-0.1, -0.05) is 35.0 Å². The summed E-state index contributed by atoms with van der Waals surface area (Å²) in [5, 5.41) is 1.25. The normalized spacial score (nSPS) is 10.7. The Morgan fingerprint density at radius 1 is 1.25 bits per heavy atom. The molecule has 0 bridgehead atoms. The number of nitrogens with zero attached hydrogens (tertiary/aromatic N) is 1. The van der Waals surface area contributed by atoms with E-state index in [2.05, 4.69) is 54.0 Å². The summed E-state index contributed by atoms with van der Waals surface area (Å²) in [6, 6.07) is 8.35. The van der Waals surface area contributed by atoms with Crippen LogP contribution < -0.4 is 0 Å². The Morgan fingerprint density at radius 2 is 1.94 bits per heavy atom. The Balaban J connectivity index is 2.36. The molecule has 0 atom stereocenters. The van der Waals surface area contributed by atoms with Gasteiger partial charge in [0.2, 0.25) is 0 Å². The predicted molar refractivity (Wildman–Crippen MR) is 74.0 cm³/mol. The monoisotopic (exact) mass is 295 g/mol. The van der Waals surface area contributed by atoms with E-state index in [-0.39, 0.29) is 0 Å². The number of thiazole rings is 1. The van der Waals surface area contributed by atoms with Crippen molar-refractivity contribution in [2.75, 3.05) is 0 Å². The summed E-state index contributed by atoms with van der Waals surface area (Å²) in [5.41, 5.74) is 2.35. The molecule has 0 aliphatic heterocycles. The van der Waals surface area contributed by atoms with Crippen LogP contribution in [0.2, 0.25) is 0 Å². The summed E-state index contributed by atoms with van der Waals surface area (Å²) in [4.78, 5) is 6.01. The van der Waals surface area contributed by atoms with E-state index in [1.165, 1.54) is 15.4 Å². The molecule has 0 saturated heterocycles. The van der Waals surface area contributed by atoms with Crippen molar-refractivity contribution in [3.8, 4) is 11.3 Å². The van der Waals surface area contributed by atoms with Crippen molar-refractivity contribution < 1.29 is 0 Å². The van der Waals surface area contributed by atoms with Gasteiger partial charge in [-0.25, -0.2) is 4.98 Å². The number of hydrogen-bond acceptors (Lipinski definition) is 2. The number of halogens is 1. The van der Waals surface area contributed by atoms with Crippen LogP contribution in [0.4, 0.5) is 0 Å². The second kappa shape index (κ2) is 5.11. The number of rotatable bonds is 3. The lowest BCUT2D eigenvalue weighted by atomic mass is 10.1. The highest BCUT2D eigenvalue weighted by atomic mass is 79.9. The van der Waals surface area contributed by atoms with Crippen LogP contribution in [-0.4, -0.2) is 4.98 Å². The molecule has 1 aromatic carbocycles. The lowest BCUT2D eigenvalue weighted by molar-refractivity contribution is 0.910. The standard InChI is InChI=1S/C13H14BrNS/c1-3-4-12-15-13(9(2)16-12)10-5-7-11(14)8-6-10/h5-8H,3-4H2,1-2H3. The summed E-state index contributed by atoms with van der Waals surface area (Å²) in [7, 11) is 0. The second-order valence-electron chi connectivity index (χ2n) is 3.77. The summed E-state index contributed by atoms with van der Waals surface area (Å²) in [5.74, 6) is 0. The maximum Gasteiger partial charge on any atom is 0.0935 e. The molecule has 16 heavy (non-hydrogen) atoms. The molecular formula is C13H14BrNS. The minimum atomic E-state index is 1.09. The van der Waals surface area contributed by atoms with E-state index >= 15 is 0 Å². The predicted octanol–water partition coefficient (Wildman–Crippen LogP) is 4.83. The maximum absolute atomic E-state index is 4.70. The van der Waals surface area contributed by atoms with Crippen LogP contribution in [0, 0.1) is 6.92 Å². The third-order valence-electron chi connectivity index (χ3n) is 2.42. The number of aromatic nitrogens is 1. The fourth-order valence-electron chi connectivity index (χ4n) is 1.65. The van der Waals surface area contributed by atoms with Crippen molar-refractivity contribution in [2.24, 2.45) is 0 Å². The van der Waals surface area contributed by atoms with Crippen LogP contribution in [0.25, 0.3) is 11.3 Å². The first-order valence-electron chi connectivity index (χ1n) is 5.43. The Bertz CT molecular complexity index is 473. The van der Waals surface area contributed by atoms with E-state index in [1.807, 2.05) is 11.3 Å². The minimum Gasteiger partial charge on any atom is -0.241 e. The van der Waals surface area contributed by atoms with E-state index < -0.39 is 0 Å². The average Bonchev–Trinajstić information content (AvgIpc) is 2.61. The van der Waals surface area contributed by atoms with E-state index in [4.69, 9.17) is 4.98 Å². The van der Waals surface area contributed by atoms with Gasteiger partial charge in [-0.2, -0.15) is 0 Å². The van der Waals surface area contributed by atoms with Crippen LogP contribution >= 0.6 is 27.3 Å². The molecule has 0 amide bonds. The van der Waals surface area contributed by atoms with E-state index in [9.17, 15) is 0 Å². The summed E-state index contributed by atoms with van der Waals surface area (Å²) in [6.45, 7) is 4.34. The zero-order valence-electron chi connectivity index (χ0n) is 9.46. The molecule has 1 heterocycles. The fraction of sp³-hybridized carbons (Fsp3) is 0.308. The largest absolute Gasteiger partial charge is 0.241 e. The topological polar surface area (TPSA) is 12.9 Å². The Hall–Kier alpha value is -0.670. The van der Waals surface area contributed by atoms with Gasteiger partial charge in [0.15, 0.2) is 0 Å². The summed E-state index contributed by atoms with van der Waals surface area (Å²) >= 11 is 5.26. The SMILES string of the molecule is CCCc1nc(-c2ccc(Br)cc2)c(C)s1. The third kappa shape index (κ3) is 2.53. The van der Waals surface area contributed by atoms with Gasteiger partial charge in [0, 0.05) is 14.9 Å². The van der Waals surface area contributed by atoms with Gasteiger partial charge in [-0.05, 0) is 31.9 Å². The minimum absolute atomic E-state index is 1.09. The molecule has 0 radical (unpaired) electrons. The molecule has 0 fully saturated rings. The van der Waals surface area contributed by atoms with Crippen LogP contribution in [0.5, 0.6) is 0 Å². The van der Waals surface area contributed by atoms with Gasteiger partial charge in [0.1, 0.15) is 0 Å². The van der Waals surface area contributed by atoms with Crippen LogP contribution in [0.15, 0.2) is 28.7 Å². The van der Waals surface area contributed by atoms with Gasteiger partial charge >= 0.3 is 0 Å². The first-order chi connectivity index (χ1) is 7.70. The Kier molecular flexibility index (Phi) is 3.77. The molecule has 2 rings (SSSR count). The molecule has 84 valence electrons. The molecule has 0 unspecified atom stereocenters. The van der Waals surface area contributed by atoms with E-state index in [1.54, 1.807) is 0 Å². The van der Waals surface area contributed by atoms with Crippen LogP contribution in [0.1, 0.15) is 23.2 Å². The smallest absolute Gasteiger partial charge is 0.0935 e. The van der Waals surface area contributed by atoms with Gasteiger partial charge in [0.05, 0.1) is 10.7 Å². The average molecular weight is 296 g/mol. The first-order valence-corrected chi connectivity index (χ1v) is 7.04. The molecule has 0 aliphatic rings. The Morgan fingerprint density at radius 3 is 2.56 bits per heavy atom. The number of aryl methyl sites for hydroxylation is 2. The van der Waals surface area contributed by atoms with Crippen molar-refractivity contribution in [2.45, 2.75) is 26.7 Å². The first kappa shape index (κ1) is 11.8. The Labute approximate surface area is 109 Å². The summed E-state index contributed by atoms with van der Waals surface area (Å²) < 4.78 is 1.11. The fourth-order valence-corrected chi connectivity index (χ4v) is 2.97. The highest BCUT2D eigenvalue weighted by Gasteiger charge is 2.08. The molecule has 1 nitrogen and oxygen atoms in total. The number of hydrogen-bond donors (Lipinski definition) is 0. The van der Waals surface area contributed by atoms with Gasteiger partial charge < -0.3 is 0 Å². The summed E-state index contributed by atoms with van der Waals surface area (Å²) in [6.07, 6.45) is 2.24. The molecule has 0 saturated carbocycles. The zero-order valence-corrected chi connectivity index (χ0v) is 11.9. The lowest BCUT2D eigenvalue weighted by Gasteiger charge is -1.98. The van der Waals surface area contributed by atoms with E-state index in [0.717, 1.165) is 23.0 Å². The third-order valence-corrected chi connectivity index (χ3v) is 3.98. The van der Waals surface area contributed by atoms with Gasteiger partial charge in [-0.3, -0.25) is 0 Å². The highest BCUT2D eigenvalue weighted by molar-refractivity contribution is 9.10. The maximum atomic E-state index is 4.70. The molecule has 0 aliphatic carbocycles. The van der Waals surface area contributed by atoms with Crippen molar-refractivity contribution in [1.29, 1.82) is 0 Å². The van der Waals surface area contributed by atoms with Crippen LogP contribution in [0.3, 0.4) is 0 Å². The second-order valence-corrected chi connectivity index (χ2v) is 5.97. The van der Waals surface area contributed by atoms with E-state index in [0.29, 0.717) is 0 Å². The lowest BCUT2D eigenvalue weighted by Crippen LogP contribution is -1.83. The quantitative estimate of drug-likeness (QED) is 0.790. The molecule has 0 N–H and O–H groups in total. The van der Waals surface area contributed by atoms with Crippen LogP contribution in [-0.2, 0) is 6.42 Å². The van der Waals surface area contributed by atoms with Crippen molar-refractivity contribution in [1.82, 2.24) is 4.98 Å². The van der Waals surface area contributed by atoms with Crippen molar-refractivity contribution in [3.63, 3.8) is 0 Å². The van der Waals surface area contributed by atoms with Gasteiger partial charge in [-0.15, -0.1) is 11.3 Å². The molecule has 3 heteroatoms. The zero-order chi connectivity index (χ0) is 11.5. The molecule has 2 aromatic rings. The molecule has 0 spiro atoms. The van der Waals surface area contributed by atoms with Crippen molar-refractivity contribution in [3.05, 3.63) is 38.6 Å². The molecular weight excluding hydrogens is 282 g/mol. The van der Waals surface area contributed by atoms with Crippen molar-refractivity contribution >= 4 is 27.3 Å². The highest BCUT2D eigenvalue weighted by Crippen LogP contribution is 2.28.